The highest BCUT2D eigenvalue weighted by Gasteiger charge is 2.14. The number of hydrogen-bond acceptors (Lipinski definition) is 4. The summed E-state index contributed by atoms with van der Waals surface area (Å²) in [5, 5.41) is 13.2. The van der Waals surface area contributed by atoms with E-state index in [2.05, 4.69) is 4.98 Å². The van der Waals surface area contributed by atoms with Crippen LogP contribution in [-0.4, -0.2) is 30.2 Å². The van der Waals surface area contributed by atoms with Gasteiger partial charge in [0.25, 0.3) is 0 Å². The second-order valence-electron chi connectivity index (χ2n) is 5.42. The summed E-state index contributed by atoms with van der Waals surface area (Å²) in [5.41, 5.74) is 2.02. The van der Waals surface area contributed by atoms with Gasteiger partial charge in [0.1, 0.15) is 22.2 Å². The number of rotatable bonds is 5. The molecule has 0 saturated carbocycles. The van der Waals surface area contributed by atoms with E-state index in [0.717, 1.165) is 15.7 Å². The van der Waals surface area contributed by atoms with Crippen LogP contribution in [0.15, 0.2) is 48.5 Å². The van der Waals surface area contributed by atoms with Crippen molar-refractivity contribution in [2.75, 3.05) is 14.2 Å². The highest BCUT2D eigenvalue weighted by Crippen LogP contribution is 2.33. The van der Waals surface area contributed by atoms with Crippen LogP contribution in [0, 0.1) is 5.21 Å². The Kier molecular flexibility index (Phi) is 5.05. The molecule has 6 heteroatoms. The third-order valence-corrected chi connectivity index (χ3v) is 4.09. The third kappa shape index (κ3) is 3.67. The van der Waals surface area contributed by atoms with Crippen LogP contribution >= 0.6 is 11.6 Å². The summed E-state index contributed by atoms with van der Waals surface area (Å²) in [6, 6.07) is 14.8. The molecule has 0 amide bonds. The van der Waals surface area contributed by atoms with Gasteiger partial charge in [-0.3, -0.25) is 0 Å². The van der Waals surface area contributed by atoms with Gasteiger partial charge in [-0.1, -0.05) is 41.9 Å². The number of benzene rings is 2. The van der Waals surface area contributed by atoms with Crippen LogP contribution in [0.5, 0.6) is 11.5 Å². The van der Waals surface area contributed by atoms with Crippen LogP contribution < -0.4 is 9.47 Å². The molecule has 0 spiro atoms. The second-order valence-corrected chi connectivity index (χ2v) is 5.78. The molecule has 3 rings (SSSR count). The summed E-state index contributed by atoms with van der Waals surface area (Å²) >= 11 is 6.27. The number of hydroxylamine groups is 1. The largest absolute Gasteiger partial charge is 0.624 e. The maximum absolute atomic E-state index is 12.3. The van der Waals surface area contributed by atoms with E-state index in [1.165, 1.54) is 6.21 Å². The lowest BCUT2D eigenvalue weighted by Crippen LogP contribution is -2.06. The molecule has 1 heterocycles. The molecule has 0 aliphatic heterocycles. The van der Waals surface area contributed by atoms with Gasteiger partial charge in [-0.05, 0) is 18.2 Å². The van der Waals surface area contributed by atoms with E-state index in [1.54, 1.807) is 32.4 Å². The predicted molar refractivity (Wildman–Crippen MR) is 98.8 cm³/mol. The molecule has 2 aromatic carbocycles. The fraction of sp³-hybridized carbons (Fsp3) is 0.158. The van der Waals surface area contributed by atoms with E-state index in [0.29, 0.717) is 22.6 Å². The van der Waals surface area contributed by atoms with Crippen molar-refractivity contribution in [3.8, 4) is 11.5 Å². The summed E-state index contributed by atoms with van der Waals surface area (Å²) in [4.78, 5) is 4.38. The van der Waals surface area contributed by atoms with E-state index < -0.39 is 0 Å². The topological polar surface area (TPSA) is 57.4 Å². The van der Waals surface area contributed by atoms with Gasteiger partial charge in [0.15, 0.2) is 12.8 Å². The number of hydrogen-bond donors (Lipinski definition) is 0. The Morgan fingerprint density at radius 2 is 1.76 bits per heavy atom. The van der Waals surface area contributed by atoms with Crippen LogP contribution in [0.25, 0.3) is 10.9 Å². The van der Waals surface area contributed by atoms with Crippen molar-refractivity contribution < 1.29 is 14.2 Å². The van der Waals surface area contributed by atoms with E-state index in [4.69, 9.17) is 21.1 Å². The van der Waals surface area contributed by atoms with Gasteiger partial charge in [-0.15, -0.1) is 0 Å². The van der Waals surface area contributed by atoms with Crippen molar-refractivity contribution in [2.45, 2.75) is 6.54 Å². The Bertz CT molecular complexity index is 927. The Balaban J connectivity index is 2.04. The molecule has 5 nitrogen and oxygen atoms in total. The minimum absolute atomic E-state index is 0.227. The molecule has 1 aromatic heterocycles. The van der Waals surface area contributed by atoms with E-state index in [1.807, 2.05) is 30.3 Å². The molecule has 0 bridgehead atoms. The minimum atomic E-state index is 0.227. The predicted octanol–water partition coefficient (Wildman–Crippen LogP) is 4.03. The maximum atomic E-state index is 12.3. The lowest BCUT2D eigenvalue weighted by molar-refractivity contribution is -0.469. The van der Waals surface area contributed by atoms with Crippen molar-refractivity contribution in [3.05, 3.63) is 70.0 Å². The average Bonchev–Trinajstić information content (AvgIpc) is 2.62. The summed E-state index contributed by atoms with van der Waals surface area (Å²) in [5.74, 6) is 1.22. The number of ether oxygens (including phenoxy) is 2. The molecule has 128 valence electrons. The zero-order valence-electron chi connectivity index (χ0n) is 13.9. The zero-order valence-corrected chi connectivity index (χ0v) is 14.7. The summed E-state index contributed by atoms with van der Waals surface area (Å²) in [7, 11) is 3.14. The number of fused-ring (bicyclic) bond motifs is 1. The van der Waals surface area contributed by atoms with E-state index in [-0.39, 0.29) is 11.7 Å². The number of nitrogens with zero attached hydrogens (tertiary/aromatic N) is 2. The van der Waals surface area contributed by atoms with Crippen molar-refractivity contribution >= 4 is 28.7 Å². The van der Waals surface area contributed by atoms with Crippen LogP contribution in [-0.2, 0) is 6.54 Å². The fourth-order valence-corrected chi connectivity index (χ4v) is 2.79. The molecular weight excluding hydrogens is 340 g/mol. The highest BCUT2D eigenvalue weighted by atomic mass is 35.5. The molecule has 0 radical (unpaired) electrons. The number of pyridine rings is 1. The Hall–Kier alpha value is -2.79. The molecular formula is C19H17ClN2O3. The van der Waals surface area contributed by atoms with Gasteiger partial charge >= 0.3 is 0 Å². The van der Waals surface area contributed by atoms with Crippen LogP contribution in [0.4, 0.5) is 0 Å². The van der Waals surface area contributed by atoms with Crippen molar-refractivity contribution in [1.82, 2.24) is 4.98 Å². The van der Waals surface area contributed by atoms with Crippen molar-refractivity contribution in [1.29, 1.82) is 0 Å². The van der Waals surface area contributed by atoms with Gasteiger partial charge in [-0.2, -0.15) is 0 Å². The fourth-order valence-electron chi connectivity index (χ4n) is 2.60. The van der Waals surface area contributed by atoms with Crippen molar-refractivity contribution in [2.24, 2.45) is 0 Å². The lowest BCUT2D eigenvalue weighted by atomic mass is 10.1. The van der Waals surface area contributed by atoms with E-state index >= 15 is 0 Å². The summed E-state index contributed by atoms with van der Waals surface area (Å²) in [6.07, 6.45) is 1.43. The number of halogens is 1. The summed E-state index contributed by atoms with van der Waals surface area (Å²) < 4.78 is 11.5. The zero-order chi connectivity index (χ0) is 17.8. The first-order chi connectivity index (χ1) is 12.1. The quantitative estimate of drug-likeness (QED) is 0.228. The number of aromatic nitrogens is 1. The summed E-state index contributed by atoms with van der Waals surface area (Å²) in [6.45, 7) is 0.227. The standard InChI is InChI=1S/C19H17ClN2O3/c1-24-16-8-9-17(25-2)18-15(16)10-14(19(20)21-18)12-22(23)11-13-6-4-3-5-7-13/h3-10,12H,11H2,1-2H3. The third-order valence-electron chi connectivity index (χ3n) is 3.79. The molecule has 0 saturated heterocycles. The Morgan fingerprint density at radius 3 is 2.44 bits per heavy atom. The molecule has 0 aliphatic carbocycles. The van der Waals surface area contributed by atoms with Gasteiger partial charge in [0.2, 0.25) is 0 Å². The molecule has 3 aromatic rings. The van der Waals surface area contributed by atoms with Crippen LogP contribution in [0.2, 0.25) is 5.15 Å². The smallest absolute Gasteiger partial charge is 0.185 e. The molecule has 0 fully saturated rings. The first kappa shape index (κ1) is 17.0. The number of methoxy groups -OCH3 is 2. The van der Waals surface area contributed by atoms with Gasteiger partial charge in [-0.25, -0.2) is 9.72 Å². The Labute approximate surface area is 150 Å². The van der Waals surface area contributed by atoms with Gasteiger partial charge < -0.3 is 14.7 Å². The molecule has 0 atom stereocenters. The van der Waals surface area contributed by atoms with Crippen molar-refractivity contribution in [3.63, 3.8) is 0 Å². The lowest BCUT2D eigenvalue weighted by Gasteiger charge is -2.11. The van der Waals surface area contributed by atoms with Gasteiger partial charge in [0.05, 0.1) is 19.8 Å². The first-order valence-electron chi connectivity index (χ1n) is 7.66. The SMILES string of the molecule is COc1ccc(OC)c2nc(Cl)c(C=[N+]([O-])Cc3ccccc3)cc12. The molecule has 0 aliphatic rings. The molecule has 0 unspecified atom stereocenters. The monoisotopic (exact) mass is 356 g/mol. The van der Waals surface area contributed by atoms with Crippen LogP contribution in [0.1, 0.15) is 11.1 Å². The van der Waals surface area contributed by atoms with E-state index in [9.17, 15) is 5.21 Å². The normalized spacial score (nSPS) is 11.6. The second kappa shape index (κ2) is 7.40. The van der Waals surface area contributed by atoms with Crippen LogP contribution in [0.3, 0.4) is 0 Å². The highest BCUT2D eigenvalue weighted by molar-refractivity contribution is 6.32. The molecule has 25 heavy (non-hydrogen) atoms. The minimum Gasteiger partial charge on any atom is -0.624 e. The average molecular weight is 357 g/mol. The first-order valence-corrected chi connectivity index (χ1v) is 8.04. The molecule has 0 N–H and O–H groups in total. The maximum Gasteiger partial charge on any atom is 0.185 e. The Morgan fingerprint density at radius 1 is 1.08 bits per heavy atom. The van der Waals surface area contributed by atoms with Gasteiger partial charge in [0, 0.05) is 10.9 Å².